The number of para-hydroxylation sites is 1. The molecule has 0 N–H and O–H groups in total. The number of thioether (sulfide) groups is 1. The van der Waals surface area contributed by atoms with Gasteiger partial charge in [-0.15, -0.1) is 11.8 Å². The molecule has 1 aromatic heterocycles. The van der Waals surface area contributed by atoms with E-state index in [0.717, 1.165) is 27.4 Å². The van der Waals surface area contributed by atoms with Crippen LogP contribution >= 0.6 is 35.0 Å². The second-order valence-electron chi connectivity index (χ2n) is 6.25. The summed E-state index contributed by atoms with van der Waals surface area (Å²) in [6.45, 7) is 0.749. The van der Waals surface area contributed by atoms with Gasteiger partial charge in [-0.25, -0.2) is 4.39 Å². The van der Waals surface area contributed by atoms with Gasteiger partial charge in [0.2, 0.25) is 0 Å². The van der Waals surface area contributed by atoms with Crippen LogP contribution < -0.4 is 0 Å². The van der Waals surface area contributed by atoms with Crippen LogP contribution in [0.15, 0.2) is 77.8 Å². The summed E-state index contributed by atoms with van der Waals surface area (Å²) < 4.78 is 16.3. The highest BCUT2D eigenvalue weighted by molar-refractivity contribution is 7.98. The minimum absolute atomic E-state index is 0.264. The van der Waals surface area contributed by atoms with Gasteiger partial charge in [-0.05, 0) is 35.9 Å². The summed E-state index contributed by atoms with van der Waals surface area (Å²) in [5.74, 6) is 0.223. The average molecular weight is 416 g/mol. The van der Waals surface area contributed by atoms with Gasteiger partial charge in [0.05, 0.1) is 0 Å². The maximum absolute atomic E-state index is 14.1. The molecular weight excluding hydrogens is 400 g/mol. The molecule has 27 heavy (non-hydrogen) atoms. The fourth-order valence-corrected chi connectivity index (χ4v) is 4.62. The van der Waals surface area contributed by atoms with Crippen molar-refractivity contribution in [2.75, 3.05) is 0 Å². The SMILES string of the molecule is Fc1cccc(Cl)c1CSc1cn(Cc2ccc(Cl)cc2)c2ccccc12. The van der Waals surface area contributed by atoms with Crippen LogP contribution in [0.2, 0.25) is 10.0 Å². The first-order valence-electron chi connectivity index (χ1n) is 8.50. The summed E-state index contributed by atoms with van der Waals surface area (Å²) in [7, 11) is 0. The first-order valence-corrected chi connectivity index (χ1v) is 10.2. The van der Waals surface area contributed by atoms with Crippen LogP contribution in [-0.4, -0.2) is 4.57 Å². The van der Waals surface area contributed by atoms with Crippen molar-refractivity contribution in [1.29, 1.82) is 0 Å². The number of halogens is 3. The fourth-order valence-electron chi connectivity index (χ4n) is 3.07. The molecule has 1 heterocycles. The summed E-state index contributed by atoms with van der Waals surface area (Å²) >= 11 is 13.8. The highest BCUT2D eigenvalue weighted by Crippen LogP contribution is 2.34. The van der Waals surface area contributed by atoms with Gasteiger partial charge in [0.25, 0.3) is 0 Å². The Morgan fingerprint density at radius 3 is 2.44 bits per heavy atom. The molecule has 0 radical (unpaired) electrons. The van der Waals surface area contributed by atoms with Crippen molar-refractivity contribution in [2.45, 2.75) is 17.2 Å². The van der Waals surface area contributed by atoms with Gasteiger partial charge in [0.15, 0.2) is 0 Å². The van der Waals surface area contributed by atoms with Gasteiger partial charge in [-0.2, -0.15) is 0 Å². The number of aromatic nitrogens is 1. The minimum Gasteiger partial charge on any atom is -0.342 e. The monoisotopic (exact) mass is 415 g/mol. The number of hydrogen-bond donors (Lipinski definition) is 0. The van der Waals surface area contributed by atoms with E-state index in [-0.39, 0.29) is 5.82 Å². The molecule has 0 saturated carbocycles. The maximum atomic E-state index is 14.1. The van der Waals surface area contributed by atoms with Crippen LogP contribution in [0.4, 0.5) is 4.39 Å². The summed E-state index contributed by atoms with van der Waals surface area (Å²) in [6, 6.07) is 20.9. The van der Waals surface area contributed by atoms with Crippen LogP contribution in [0, 0.1) is 5.82 Å². The molecule has 0 aliphatic heterocycles. The third kappa shape index (κ3) is 4.01. The van der Waals surface area contributed by atoms with Gasteiger partial charge in [0.1, 0.15) is 5.82 Å². The van der Waals surface area contributed by atoms with E-state index < -0.39 is 0 Å². The van der Waals surface area contributed by atoms with E-state index in [9.17, 15) is 4.39 Å². The average Bonchev–Trinajstić information content (AvgIpc) is 3.01. The quantitative estimate of drug-likeness (QED) is 0.306. The topological polar surface area (TPSA) is 4.93 Å². The maximum Gasteiger partial charge on any atom is 0.128 e. The van der Waals surface area contributed by atoms with Crippen molar-refractivity contribution in [2.24, 2.45) is 0 Å². The van der Waals surface area contributed by atoms with Crippen LogP contribution in [0.5, 0.6) is 0 Å². The summed E-state index contributed by atoms with van der Waals surface area (Å²) in [4.78, 5) is 1.11. The Morgan fingerprint density at radius 1 is 0.889 bits per heavy atom. The fraction of sp³-hybridized carbons (Fsp3) is 0.0909. The molecule has 0 spiro atoms. The van der Waals surface area contributed by atoms with E-state index >= 15 is 0 Å². The Labute approximate surface area is 171 Å². The zero-order valence-corrected chi connectivity index (χ0v) is 16.7. The van der Waals surface area contributed by atoms with Gasteiger partial charge in [-0.3, -0.25) is 0 Å². The van der Waals surface area contributed by atoms with Crippen molar-refractivity contribution in [1.82, 2.24) is 4.57 Å². The number of benzene rings is 3. The van der Waals surface area contributed by atoms with Crippen LogP contribution in [0.3, 0.4) is 0 Å². The molecule has 136 valence electrons. The number of fused-ring (bicyclic) bond motifs is 1. The predicted molar refractivity (Wildman–Crippen MR) is 113 cm³/mol. The first kappa shape index (κ1) is 18.4. The summed E-state index contributed by atoms with van der Waals surface area (Å²) in [6.07, 6.45) is 2.12. The largest absolute Gasteiger partial charge is 0.342 e. The van der Waals surface area contributed by atoms with E-state index in [1.165, 1.54) is 11.6 Å². The molecule has 0 atom stereocenters. The van der Waals surface area contributed by atoms with Gasteiger partial charge < -0.3 is 4.57 Å². The number of nitrogens with zero attached hydrogens (tertiary/aromatic N) is 1. The summed E-state index contributed by atoms with van der Waals surface area (Å²) in [5, 5.41) is 2.35. The Kier molecular flexibility index (Phi) is 5.44. The minimum atomic E-state index is -0.264. The zero-order valence-electron chi connectivity index (χ0n) is 14.3. The van der Waals surface area contributed by atoms with Crippen LogP contribution in [0.25, 0.3) is 10.9 Å². The van der Waals surface area contributed by atoms with E-state index in [0.29, 0.717) is 16.3 Å². The van der Waals surface area contributed by atoms with E-state index in [4.69, 9.17) is 23.2 Å². The summed E-state index contributed by atoms with van der Waals surface area (Å²) in [5.41, 5.74) is 2.86. The molecule has 4 rings (SSSR count). The number of rotatable bonds is 5. The molecule has 4 aromatic rings. The lowest BCUT2D eigenvalue weighted by atomic mass is 10.2. The zero-order chi connectivity index (χ0) is 18.8. The lowest BCUT2D eigenvalue weighted by molar-refractivity contribution is 0.617. The third-order valence-corrected chi connectivity index (χ3v) is 6.13. The molecule has 0 aliphatic rings. The van der Waals surface area contributed by atoms with E-state index in [1.54, 1.807) is 23.9 Å². The molecule has 0 aliphatic carbocycles. The predicted octanol–water partition coefficient (Wildman–Crippen LogP) is 7.43. The normalized spacial score (nSPS) is 11.2. The van der Waals surface area contributed by atoms with Gasteiger partial charge in [0, 0.05) is 49.9 Å². The van der Waals surface area contributed by atoms with Gasteiger partial charge >= 0.3 is 0 Å². The standard InChI is InChI=1S/C22H16Cl2FNS/c23-16-10-8-15(9-11-16)12-26-13-22(17-4-1-2-7-21(17)26)27-14-18-19(24)5-3-6-20(18)25/h1-11,13H,12,14H2. The third-order valence-electron chi connectivity index (χ3n) is 4.45. The molecular formula is C22H16Cl2FNS. The highest BCUT2D eigenvalue weighted by atomic mass is 35.5. The highest BCUT2D eigenvalue weighted by Gasteiger charge is 2.12. The van der Waals surface area contributed by atoms with Gasteiger partial charge in [-0.1, -0.05) is 59.6 Å². The molecule has 0 fully saturated rings. The Morgan fingerprint density at radius 2 is 1.67 bits per heavy atom. The molecule has 0 amide bonds. The van der Waals surface area contributed by atoms with Crippen molar-refractivity contribution >= 4 is 45.9 Å². The van der Waals surface area contributed by atoms with Crippen LogP contribution in [0.1, 0.15) is 11.1 Å². The lowest BCUT2D eigenvalue weighted by Crippen LogP contribution is -1.97. The van der Waals surface area contributed by atoms with E-state index in [1.807, 2.05) is 36.4 Å². The Balaban J connectivity index is 1.64. The molecule has 1 nitrogen and oxygen atoms in total. The molecule has 0 saturated heterocycles. The molecule has 0 bridgehead atoms. The Bertz CT molecular complexity index is 1070. The van der Waals surface area contributed by atoms with Crippen molar-refractivity contribution in [3.8, 4) is 0 Å². The number of hydrogen-bond acceptors (Lipinski definition) is 1. The van der Waals surface area contributed by atoms with Crippen LogP contribution in [-0.2, 0) is 12.3 Å². The van der Waals surface area contributed by atoms with E-state index in [2.05, 4.69) is 22.9 Å². The first-order chi connectivity index (χ1) is 13.1. The van der Waals surface area contributed by atoms with Crippen molar-refractivity contribution in [3.63, 3.8) is 0 Å². The Hall–Kier alpha value is -1.94. The van der Waals surface area contributed by atoms with Crippen molar-refractivity contribution < 1.29 is 4.39 Å². The second-order valence-corrected chi connectivity index (χ2v) is 8.11. The van der Waals surface area contributed by atoms with Crippen molar-refractivity contribution in [3.05, 3.63) is 99.9 Å². The lowest BCUT2D eigenvalue weighted by Gasteiger charge is -2.05. The molecule has 0 unspecified atom stereocenters. The smallest absolute Gasteiger partial charge is 0.128 e. The molecule has 3 aromatic carbocycles. The second kappa shape index (κ2) is 7.97. The molecule has 5 heteroatoms.